The van der Waals surface area contributed by atoms with Gasteiger partial charge in [-0.3, -0.25) is 0 Å². The van der Waals surface area contributed by atoms with Gasteiger partial charge in [0.1, 0.15) is 0 Å². The van der Waals surface area contributed by atoms with E-state index >= 15 is 0 Å². The van der Waals surface area contributed by atoms with Crippen molar-refractivity contribution >= 4 is 23.1 Å². The Bertz CT molecular complexity index is 560. The molecule has 108 valence electrons. The number of benzene rings is 1. The molecule has 2 aromatic rings. The second kappa shape index (κ2) is 6.74. The zero-order valence-corrected chi connectivity index (χ0v) is 14.4. The molecule has 2 nitrogen and oxygen atoms in total. The van der Waals surface area contributed by atoms with Gasteiger partial charge in [0, 0.05) is 21.9 Å². The van der Waals surface area contributed by atoms with Gasteiger partial charge in [0.2, 0.25) is 0 Å². The van der Waals surface area contributed by atoms with Gasteiger partial charge in [-0.25, -0.2) is 4.98 Å². The minimum Gasteiger partial charge on any atom is -0.303 e. The molecule has 1 aromatic heterocycles. The first-order valence-corrected chi connectivity index (χ1v) is 8.89. The van der Waals surface area contributed by atoms with Gasteiger partial charge in [0.25, 0.3) is 0 Å². The minimum atomic E-state index is 0.330. The second-order valence-corrected chi connectivity index (χ2v) is 7.18. The molecule has 0 aliphatic heterocycles. The fraction of sp³-hybridized carbons (Fsp3) is 0.438. The zero-order chi connectivity index (χ0) is 14.7. The molecule has 2 atom stereocenters. The van der Waals surface area contributed by atoms with Crippen molar-refractivity contribution in [1.29, 1.82) is 0 Å². The van der Waals surface area contributed by atoms with Gasteiger partial charge in [0.15, 0.2) is 0 Å². The van der Waals surface area contributed by atoms with Gasteiger partial charge in [0.05, 0.1) is 10.7 Å². The fourth-order valence-corrected chi connectivity index (χ4v) is 3.74. The Labute approximate surface area is 130 Å². The fourth-order valence-electron chi connectivity index (χ4n) is 2.39. The summed E-state index contributed by atoms with van der Waals surface area (Å²) in [6.45, 7) is 8.59. The highest BCUT2D eigenvalue weighted by Crippen LogP contribution is 2.27. The van der Waals surface area contributed by atoms with E-state index in [0.29, 0.717) is 12.1 Å². The zero-order valence-electron chi connectivity index (χ0n) is 12.7. The van der Waals surface area contributed by atoms with Crippen molar-refractivity contribution in [3.63, 3.8) is 0 Å². The number of hydrogen-bond donors (Lipinski definition) is 1. The maximum atomic E-state index is 4.51. The molecule has 2 rings (SSSR count). The van der Waals surface area contributed by atoms with Crippen LogP contribution in [0.1, 0.15) is 47.1 Å². The normalized spacial score (nSPS) is 14.2. The monoisotopic (exact) mass is 306 g/mol. The summed E-state index contributed by atoms with van der Waals surface area (Å²) in [5.74, 6) is 0. The Morgan fingerprint density at radius 3 is 2.25 bits per heavy atom. The molecule has 1 N–H and O–H groups in total. The molecule has 0 aliphatic carbocycles. The minimum absolute atomic E-state index is 0.330. The predicted octanol–water partition coefficient (Wildman–Crippen LogP) is 4.89. The molecule has 2 unspecified atom stereocenters. The van der Waals surface area contributed by atoms with Crippen molar-refractivity contribution < 1.29 is 0 Å². The van der Waals surface area contributed by atoms with Crippen molar-refractivity contribution in [3.8, 4) is 0 Å². The molecule has 0 saturated carbocycles. The lowest BCUT2D eigenvalue weighted by Crippen LogP contribution is -2.22. The second-order valence-electron chi connectivity index (χ2n) is 5.07. The van der Waals surface area contributed by atoms with E-state index in [-0.39, 0.29) is 0 Å². The Morgan fingerprint density at radius 1 is 1.10 bits per heavy atom. The lowest BCUT2D eigenvalue weighted by molar-refractivity contribution is 0.498. The van der Waals surface area contributed by atoms with E-state index in [1.165, 1.54) is 15.3 Å². The van der Waals surface area contributed by atoms with E-state index in [0.717, 1.165) is 10.7 Å². The molecular weight excluding hydrogens is 284 g/mol. The highest BCUT2D eigenvalue weighted by Gasteiger charge is 2.15. The van der Waals surface area contributed by atoms with Gasteiger partial charge < -0.3 is 5.32 Å². The Balaban J connectivity index is 2.06. The molecule has 0 spiro atoms. The molecule has 4 heteroatoms. The van der Waals surface area contributed by atoms with Crippen LogP contribution in [0.3, 0.4) is 0 Å². The number of thiazole rings is 1. The molecule has 0 aliphatic rings. The van der Waals surface area contributed by atoms with E-state index in [1.54, 1.807) is 23.1 Å². The quantitative estimate of drug-likeness (QED) is 0.796. The molecule has 0 amide bonds. The Hall–Kier alpha value is -0.840. The van der Waals surface area contributed by atoms with Gasteiger partial charge in [-0.15, -0.1) is 23.1 Å². The van der Waals surface area contributed by atoms with E-state index < -0.39 is 0 Å². The van der Waals surface area contributed by atoms with E-state index in [2.05, 4.69) is 68.5 Å². The largest absolute Gasteiger partial charge is 0.303 e. The topological polar surface area (TPSA) is 24.9 Å². The lowest BCUT2D eigenvalue weighted by atomic mass is 10.1. The van der Waals surface area contributed by atoms with Crippen molar-refractivity contribution in [3.05, 3.63) is 45.4 Å². The van der Waals surface area contributed by atoms with E-state index in [9.17, 15) is 0 Å². The van der Waals surface area contributed by atoms with Crippen LogP contribution in [0.25, 0.3) is 0 Å². The number of nitrogens with one attached hydrogen (secondary N) is 1. The lowest BCUT2D eigenvalue weighted by Gasteiger charge is -2.20. The molecule has 0 bridgehead atoms. The third-order valence-electron chi connectivity index (χ3n) is 3.45. The van der Waals surface area contributed by atoms with Crippen LogP contribution in [-0.2, 0) is 0 Å². The first-order valence-electron chi connectivity index (χ1n) is 6.85. The van der Waals surface area contributed by atoms with E-state index in [1.807, 2.05) is 0 Å². The number of rotatable bonds is 5. The number of hydrogen-bond acceptors (Lipinski definition) is 4. The average molecular weight is 306 g/mol. The van der Waals surface area contributed by atoms with Crippen LogP contribution in [0.5, 0.6) is 0 Å². The van der Waals surface area contributed by atoms with Crippen LogP contribution < -0.4 is 5.32 Å². The Kier molecular flexibility index (Phi) is 5.24. The van der Waals surface area contributed by atoms with Gasteiger partial charge in [-0.1, -0.05) is 12.1 Å². The third kappa shape index (κ3) is 3.62. The van der Waals surface area contributed by atoms with Crippen LogP contribution in [0.2, 0.25) is 0 Å². The Morgan fingerprint density at radius 2 is 1.75 bits per heavy atom. The third-order valence-corrected chi connectivity index (χ3v) is 5.45. The van der Waals surface area contributed by atoms with Crippen molar-refractivity contribution in [2.45, 2.75) is 44.7 Å². The maximum Gasteiger partial charge on any atom is 0.0900 e. The van der Waals surface area contributed by atoms with Crippen LogP contribution >= 0.6 is 23.1 Å². The molecule has 1 aromatic carbocycles. The summed E-state index contributed by atoms with van der Waals surface area (Å²) in [5, 5.41) is 4.81. The average Bonchev–Trinajstić information content (AvgIpc) is 2.78. The molecule has 0 radical (unpaired) electrons. The maximum absolute atomic E-state index is 4.51. The summed E-state index contributed by atoms with van der Waals surface area (Å²) in [4.78, 5) is 7.16. The molecule has 0 saturated heterocycles. The predicted molar refractivity (Wildman–Crippen MR) is 89.8 cm³/mol. The van der Waals surface area contributed by atoms with Crippen LogP contribution in [0.4, 0.5) is 0 Å². The first kappa shape index (κ1) is 15.5. The summed E-state index contributed by atoms with van der Waals surface area (Å²) in [6.07, 6.45) is 2.10. The van der Waals surface area contributed by atoms with Crippen molar-refractivity contribution in [2.75, 3.05) is 6.26 Å². The van der Waals surface area contributed by atoms with Crippen molar-refractivity contribution in [2.24, 2.45) is 0 Å². The van der Waals surface area contributed by atoms with Crippen LogP contribution in [0.15, 0.2) is 29.2 Å². The van der Waals surface area contributed by atoms with Crippen LogP contribution in [-0.4, -0.2) is 11.2 Å². The number of aryl methyl sites for hydroxylation is 2. The molecule has 0 fully saturated rings. The summed E-state index contributed by atoms with van der Waals surface area (Å²) in [5.41, 5.74) is 2.48. The smallest absolute Gasteiger partial charge is 0.0900 e. The first-order chi connectivity index (χ1) is 9.51. The number of nitrogens with zero attached hydrogens (tertiary/aromatic N) is 1. The highest BCUT2D eigenvalue weighted by atomic mass is 32.2. The summed E-state index contributed by atoms with van der Waals surface area (Å²) in [6, 6.07) is 9.46. The summed E-state index contributed by atoms with van der Waals surface area (Å²) >= 11 is 3.57. The molecule has 20 heavy (non-hydrogen) atoms. The van der Waals surface area contributed by atoms with Gasteiger partial charge >= 0.3 is 0 Å². The summed E-state index contributed by atoms with van der Waals surface area (Å²) < 4.78 is 0. The van der Waals surface area contributed by atoms with Crippen LogP contribution in [0, 0.1) is 13.8 Å². The van der Waals surface area contributed by atoms with E-state index in [4.69, 9.17) is 0 Å². The summed E-state index contributed by atoms with van der Waals surface area (Å²) in [7, 11) is 0. The SMILES string of the molecule is CSc1ccc(C(C)NC(C)c2sc(C)nc2C)cc1. The molecule has 1 heterocycles. The number of thioether (sulfide) groups is 1. The standard InChI is InChI=1S/C16H22N2S2/c1-10(14-6-8-15(19-5)9-7-14)17-11(2)16-12(3)18-13(4)20-16/h6-11,17H,1-5H3. The van der Waals surface area contributed by atoms with Gasteiger partial charge in [-0.2, -0.15) is 0 Å². The van der Waals surface area contributed by atoms with Gasteiger partial charge in [-0.05, 0) is 51.6 Å². The molecular formula is C16H22N2S2. The highest BCUT2D eigenvalue weighted by molar-refractivity contribution is 7.98. The number of aromatic nitrogens is 1. The van der Waals surface area contributed by atoms with Crippen molar-refractivity contribution in [1.82, 2.24) is 10.3 Å².